The van der Waals surface area contributed by atoms with Crippen LogP contribution in [0.1, 0.15) is 73.6 Å². The molecule has 31 heavy (non-hydrogen) atoms. The number of hydrogen-bond acceptors (Lipinski definition) is 5. The van der Waals surface area contributed by atoms with Crippen LogP contribution in [0.4, 0.5) is 0 Å². The lowest BCUT2D eigenvalue weighted by atomic mass is 9.88. The smallest absolute Gasteiger partial charge is 0.326 e. The molecule has 1 aliphatic heterocycles. The topological polar surface area (TPSA) is 137 Å². The molecule has 0 aliphatic carbocycles. The van der Waals surface area contributed by atoms with Gasteiger partial charge >= 0.3 is 5.97 Å². The summed E-state index contributed by atoms with van der Waals surface area (Å²) in [5.41, 5.74) is -0.0649. The zero-order chi connectivity index (χ0) is 23.8. The van der Waals surface area contributed by atoms with Gasteiger partial charge in [-0.05, 0) is 50.5 Å². The minimum Gasteiger partial charge on any atom is -0.480 e. The Morgan fingerprint density at radius 1 is 1.06 bits per heavy atom. The molecule has 1 saturated heterocycles. The molecule has 1 unspecified atom stereocenters. The number of carboxylic acids is 1. The minimum atomic E-state index is -1.10. The van der Waals surface area contributed by atoms with Gasteiger partial charge < -0.3 is 26.4 Å². The number of rotatable bonds is 11. The van der Waals surface area contributed by atoms with Crippen molar-refractivity contribution in [2.24, 2.45) is 11.3 Å². The van der Waals surface area contributed by atoms with Crippen molar-refractivity contribution in [3.63, 3.8) is 0 Å². The summed E-state index contributed by atoms with van der Waals surface area (Å²) >= 11 is 0. The molecule has 1 aliphatic rings. The minimum absolute atomic E-state index is 0.0649. The second-order valence-electron chi connectivity index (χ2n) is 9.75. The number of carbonyl (C=O) groups is 4. The van der Waals surface area contributed by atoms with Crippen molar-refractivity contribution in [3.05, 3.63) is 0 Å². The molecular formula is C22H40N4O5. The van der Waals surface area contributed by atoms with Gasteiger partial charge in [-0.1, -0.05) is 41.0 Å². The zero-order valence-electron chi connectivity index (χ0n) is 19.7. The Balaban J connectivity index is 2.76. The summed E-state index contributed by atoms with van der Waals surface area (Å²) < 4.78 is 0. The third-order valence-electron chi connectivity index (χ3n) is 5.72. The zero-order valence-corrected chi connectivity index (χ0v) is 19.7. The van der Waals surface area contributed by atoms with E-state index in [0.717, 1.165) is 19.4 Å². The van der Waals surface area contributed by atoms with Crippen molar-refractivity contribution in [1.82, 2.24) is 21.3 Å². The molecule has 0 aromatic rings. The van der Waals surface area contributed by atoms with Crippen LogP contribution >= 0.6 is 0 Å². The molecule has 1 rings (SSSR count). The molecule has 0 aromatic heterocycles. The van der Waals surface area contributed by atoms with E-state index in [2.05, 4.69) is 21.3 Å². The first kappa shape index (κ1) is 26.9. The van der Waals surface area contributed by atoms with E-state index in [9.17, 15) is 24.3 Å². The molecule has 5 N–H and O–H groups in total. The van der Waals surface area contributed by atoms with Crippen molar-refractivity contribution in [2.45, 2.75) is 97.8 Å². The van der Waals surface area contributed by atoms with E-state index in [-0.39, 0.29) is 23.3 Å². The van der Waals surface area contributed by atoms with Gasteiger partial charge in [-0.25, -0.2) is 4.79 Å². The quantitative estimate of drug-likeness (QED) is 0.327. The fraction of sp³-hybridized carbons (Fsp3) is 0.818. The summed E-state index contributed by atoms with van der Waals surface area (Å²) in [5, 5.41) is 20.6. The highest BCUT2D eigenvalue weighted by atomic mass is 16.4. The lowest BCUT2D eigenvalue weighted by Crippen LogP contribution is -2.58. The summed E-state index contributed by atoms with van der Waals surface area (Å²) in [6.45, 7) is 12.1. The van der Waals surface area contributed by atoms with Gasteiger partial charge in [0.2, 0.25) is 17.7 Å². The first-order chi connectivity index (χ1) is 14.4. The molecule has 0 bridgehead atoms. The molecule has 9 nitrogen and oxygen atoms in total. The maximum Gasteiger partial charge on any atom is 0.326 e. The Labute approximate surface area is 185 Å². The number of nitrogens with one attached hydrogen (secondary N) is 4. The Bertz CT molecular complexity index is 640. The van der Waals surface area contributed by atoms with Gasteiger partial charge in [0.15, 0.2) is 0 Å². The fourth-order valence-electron chi connectivity index (χ4n) is 3.36. The molecule has 0 spiro atoms. The van der Waals surface area contributed by atoms with Crippen LogP contribution in [0.5, 0.6) is 0 Å². The van der Waals surface area contributed by atoms with Gasteiger partial charge in [-0.3, -0.25) is 14.4 Å². The van der Waals surface area contributed by atoms with Crippen LogP contribution in [0.25, 0.3) is 0 Å². The summed E-state index contributed by atoms with van der Waals surface area (Å²) in [4.78, 5) is 49.4. The Hall–Kier alpha value is -2.16. The van der Waals surface area contributed by atoms with E-state index in [4.69, 9.17) is 0 Å². The molecule has 178 valence electrons. The average Bonchev–Trinajstić information content (AvgIpc) is 3.22. The van der Waals surface area contributed by atoms with Crippen LogP contribution in [0.2, 0.25) is 0 Å². The van der Waals surface area contributed by atoms with Crippen LogP contribution in [0.15, 0.2) is 0 Å². The van der Waals surface area contributed by atoms with Crippen LogP contribution in [0.3, 0.4) is 0 Å². The molecule has 9 heteroatoms. The second-order valence-corrected chi connectivity index (χ2v) is 9.75. The summed E-state index contributed by atoms with van der Waals surface area (Å²) in [6, 6.07) is -3.04. The molecule has 0 aromatic carbocycles. The molecule has 0 saturated carbocycles. The van der Waals surface area contributed by atoms with Gasteiger partial charge in [-0.15, -0.1) is 0 Å². The van der Waals surface area contributed by atoms with E-state index < -0.39 is 35.9 Å². The van der Waals surface area contributed by atoms with E-state index in [1.807, 2.05) is 34.6 Å². The van der Waals surface area contributed by atoms with Crippen molar-refractivity contribution >= 4 is 23.7 Å². The highest BCUT2D eigenvalue weighted by Crippen LogP contribution is 2.22. The molecule has 1 heterocycles. The Morgan fingerprint density at radius 2 is 1.71 bits per heavy atom. The van der Waals surface area contributed by atoms with Gasteiger partial charge in [0, 0.05) is 0 Å². The van der Waals surface area contributed by atoms with Crippen LogP contribution < -0.4 is 21.3 Å². The molecule has 3 amide bonds. The molecular weight excluding hydrogens is 400 g/mol. The van der Waals surface area contributed by atoms with Gasteiger partial charge in [0.1, 0.15) is 18.1 Å². The monoisotopic (exact) mass is 440 g/mol. The Morgan fingerprint density at radius 3 is 2.19 bits per heavy atom. The van der Waals surface area contributed by atoms with Crippen molar-refractivity contribution < 1.29 is 24.3 Å². The van der Waals surface area contributed by atoms with Gasteiger partial charge in [0.05, 0.1) is 6.04 Å². The van der Waals surface area contributed by atoms with Gasteiger partial charge in [-0.2, -0.15) is 0 Å². The van der Waals surface area contributed by atoms with Crippen LogP contribution in [-0.4, -0.2) is 59.5 Å². The van der Waals surface area contributed by atoms with Gasteiger partial charge in [0.25, 0.3) is 0 Å². The number of aliphatic carboxylic acids is 1. The number of carboxylic acid groups (broad SMARTS) is 1. The first-order valence-corrected chi connectivity index (χ1v) is 11.2. The molecule has 1 fully saturated rings. The number of carbonyl (C=O) groups excluding carboxylic acids is 3. The average molecular weight is 441 g/mol. The summed E-state index contributed by atoms with van der Waals surface area (Å²) in [6.07, 6.45) is 3.18. The molecule has 0 radical (unpaired) electrons. The summed E-state index contributed by atoms with van der Waals surface area (Å²) in [7, 11) is 0. The van der Waals surface area contributed by atoms with E-state index in [1.165, 1.54) is 0 Å². The third kappa shape index (κ3) is 9.25. The lowest BCUT2D eigenvalue weighted by Gasteiger charge is -2.28. The number of amides is 3. The predicted octanol–water partition coefficient (Wildman–Crippen LogP) is 1.17. The van der Waals surface area contributed by atoms with Crippen molar-refractivity contribution in [1.29, 1.82) is 0 Å². The maximum atomic E-state index is 12.9. The van der Waals surface area contributed by atoms with Crippen LogP contribution in [0, 0.1) is 11.3 Å². The normalized spacial score (nSPS) is 20.3. The van der Waals surface area contributed by atoms with E-state index >= 15 is 0 Å². The van der Waals surface area contributed by atoms with Crippen molar-refractivity contribution in [3.8, 4) is 0 Å². The highest BCUT2D eigenvalue weighted by molar-refractivity contribution is 5.94. The number of hydrogen-bond donors (Lipinski definition) is 5. The van der Waals surface area contributed by atoms with E-state index in [0.29, 0.717) is 19.3 Å². The predicted molar refractivity (Wildman–Crippen MR) is 118 cm³/mol. The standard InChI is InChI=1S/C22H40N4O5/c1-7-13(2)17(20(29)25-16(21(30)31)10-11-22(4,5)6)26-18(27)14(3)24-19(28)15-9-8-12-23-15/h13-17,23H,7-12H2,1-6H3,(H,24,28)(H,25,29)(H,26,27)(H,30,31)/t13-,14-,15-,16-,17?/m0/s1. The van der Waals surface area contributed by atoms with E-state index in [1.54, 1.807) is 6.92 Å². The fourth-order valence-corrected chi connectivity index (χ4v) is 3.36. The molecule has 5 atom stereocenters. The Kier molecular flexibility index (Phi) is 10.4. The SMILES string of the molecule is CC[C@H](C)C(NC(=O)[C@H](C)NC(=O)[C@@H]1CCCN1)C(=O)N[C@@H](CCC(C)(C)C)C(=O)O. The van der Waals surface area contributed by atoms with Crippen LogP contribution in [-0.2, 0) is 19.2 Å². The van der Waals surface area contributed by atoms with Crippen molar-refractivity contribution in [2.75, 3.05) is 6.54 Å². The lowest BCUT2D eigenvalue weighted by molar-refractivity contribution is -0.143. The third-order valence-corrected chi connectivity index (χ3v) is 5.72. The highest BCUT2D eigenvalue weighted by Gasteiger charge is 2.32. The summed E-state index contributed by atoms with van der Waals surface area (Å²) in [5.74, 6) is -2.55. The first-order valence-electron chi connectivity index (χ1n) is 11.2. The second kappa shape index (κ2) is 12.0. The largest absolute Gasteiger partial charge is 0.480 e. The maximum absolute atomic E-state index is 12.9.